The molecule has 0 aromatic heterocycles. The molecule has 3 amide bonds. The molecule has 3 N–H and O–H groups in total. The lowest BCUT2D eigenvalue weighted by molar-refractivity contribution is -0.121. The van der Waals surface area contributed by atoms with Gasteiger partial charge in [0.05, 0.1) is 6.61 Å². The number of amides is 3. The summed E-state index contributed by atoms with van der Waals surface area (Å²) in [6.07, 6.45) is 0.537. The number of hydrogen-bond donors (Lipinski definition) is 3. The van der Waals surface area contributed by atoms with E-state index in [0.717, 1.165) is 11.3 Å². The van der Waals surface area contributed by atoms with E-state index >= 15 is 0 Å². The van der Waals surface area contributed by atoms with E-state index in [1.807, 2.05) is 49.4 Å². The van der Waals surface area contributed by atoms with Crippen molar-refractivity contribution >= 4 is 23.6 Å². The average molecular weight is 470 g/mol. The Morgan fingerprint density at radius 2 is 1.65 bits per heavy atom. The first-order valence-electron chi connectivity index (χ1n) is 11.4. The highest BCUT2D eigenvalue weighted by atomic mass is 16.6. The van der Waals surface area contributed by atoms with Crippen molar-refractivity contribution in [3.05, 3.63) is 59.7 Å². The van der Waals surface area contributed by atoms with E-state index in [9.17, 15) is 14.4 Å². The highest BCUT2D eigenvalue weighted by Crippen LogP contribution is 2.13. The third kappa shape index (κ3) is 11.4. The van der Waals surface area contributed by atoms with Crippen molar-refractivity contribution in [2.24, 2.45) is 0 Å². The van der Waals surface area contributed by atoms with Crippen LogP contribution in [-0.4, -0.2) is 36.7 Å². The highest BCUT2D eigenvalue weighted by molar-refractivity contribution is 5.90. The molecule has 0 atom stereocenters. The maximum Gasteiger partial charge on any atom is 0.407 e. The molecular weight excluding hydrogens is 434 g/mol. The molecule has 34 heavy (non-hydrogen) atoms. The van der Waals surface area contributed by atoms with Crippen molar-refractivity contribution in [3.8, 4) is 5.75 Å². The number of ether oxygens (including phenoxy) is 2. The molecule has 2 rings (SSSR count). The number of benzene rings is 2. The van der Waals surface area contributed by atoms with Gasteiger partial charge in [0.25, 0.3) is 0 Å². The van der Waals surface area contributed by atoms with Crippen molar-refractivity contribution < 1.29 is 23.9 Å². The van der Waals surface area contributed by atoms with Crippen molar-refractivity contribution in [1.29, 1.82) is 0 Å². The fourth-order valence-corrected chi connectivity index (χ4v) is 2.92. The summed E-state index contributed by atoms with van der Waals surface area (Å²) in [6, 6.07) is 15.1. The molecule has 184 valence electrons. The van der Waals surface area contributed by atoms with Gasteiger partial charge in [0.2, 0.25) is 11.8 Å². The zero-order valence-electron chi connectivity index (χ0n) is 20.4. The van der Waals surface area contributed by atoms with Crippen molar-refractivity contribution in [1.82, 2.24) is 10.6 Å². The van der Waals surface area contributed by atoms with Gasteiger partial charge in [-0.3, -0.25) is 9.59 Å². The number of anilines is 1. The van der Waals surface area contributed by atoms with E-state index < -0.39 is 11.7 Å². The number of rotatable bonds is 11. The summed E-state index contributed by atoms with van der Waals surface area (Å²) >= 11 is 0. The molecule has 0 aliphatic rings. The molecular formula is C26H35N3O5. The number of nitrogens with one attached hydrogen (secondary N) is 3. The van der Waals surface area contributed by atoms with Gasteiger partial charge in [-0.2, -0.15) is 0 Å². The lowest BCUT2D eigenvalue weighted by Gasteiger charge is -2.19. The number of carbonyl (C=O) groups excluding carboxylic acids is 3. The van der Waals surface area contributed by atoms with Gasteiger partial charge in [0, 0.05) is 31.6 Å². The molecule has 0 aliphatic carbocycles. The standard InChI is InChI=1S/C26H35N3O5/c1-19-10-12-22(13-11-19)33-16-6-9-24(31)29-21-8-5-7-20(17-21)18-28-23(30)14-15-27-25(32)34-26(2,3)4/h5,7-8,10-13,17H,6,9,14-16,18H2,1-4H3,(H,27,32)(H,28,30)(H,29,31). The van der Waals surface area contributed by atoms with E-state index in [1.54, 1.807) is 26.8 Å². The zero-order chi connectivity index (χ0) is 25.0. The van der Waals surface area contributed by atoms with Gasteiger partial charge in [-0.05, 0) is 63.9 Å². The van der Waals surface area contributed by atoms with Crippen LogP contribution in [0.15, 0.2) is 48.5 Å². The summed E-state index contributed by atoms with van der Waals surface area (Å²) in [5, 5.41) is 8.23. The number of aryl methyl sites for hydroxylation is 1. The molecule has 0 heterocycles. The second-order valence-corrected chi connectivity index (χ2v) is 8.97. The Bertz CT molecular complexity index is 952. The molecule has 0 bridgehead atoms. The Labute approximate surface area is 201 Å². The van der Waals surface area contributed by atoms with E-state index in [2.05, 4.69) is 16.0 Å². The molecule has 0 spiro atoms. The highest BCUT2D eigenvalue weighted by Gasteiger charge is 2.15. The van der Waals surface area contributed by atoms with Crippen LogP contribution in [0.3, 0.4) is 0 Å². The molecule has 0 fully saturated rings. The summed E-state index contributed by atoms with van der Waals surface area (Å²) < 4.78 is 10.8. The zero-order valence-corrected chi connectivity index (χ0v) is 20.4. The van der Waals surface area contributed by atoms with Gasteiger partial charge in [-0.25, -0.2) is 4.79 Å². The fraction of sp³-hybridized carbons (Fsp3) is 0.423. The van der Waals surface area contributed by atoms with Crippen molar-refractivity contribution in [2.75, 3.05) is 18.5 Å². The second-order valence-electron chi connectivity index (χ2n) is 8.97. The summed E-state index contributed by atoms with van der Waals surface area (Å²) in [4.78, 5) is 35.8. The molecule has 0 saturated carbocycles. The first kappa shape index (κ1) is 26.7. The van der Waals surface area contributed by atoms with E-state index in [4.69, 9.17) is 9.47 Å². The van der Waals surface area contributed by atoms with Crippen molar-refractivity contribution in [2.45, 2.75) is 59.1 Å². The van der Waals surface area contributed by atoms with Gasteiger partial charge in [-0.1, -0.05) is 29.8 Å². The maximum atomic E-state index is 12.2. The minimum Gasteiger partial charge on any atom is -0.494 e. The molecule has 0 unspecified atom stereocenters. The lowest BCUT2D eigenvalue weighted by atomic mass is 10.2. The predicted octanol–water partition coefficient (Wildman–Crippen LogP) is 4.32. The fourth-order valence-electron chi connectivity index (χ4n) is 2.92. The van der Waals surface area contributed by atoms with Crippen LogP contribution < -0.4 is 20.7 Å². The molecule has 0 saturated heterocycles. The minimum absolute atomic E-state index is 0.0955. The maximum absolute atomic E-state index is 12.2. The number of hydrogen-bond acceptors (Lipinski definition) is 5. The summed E-state index contributed by atoms with van der Waals surface area (Å²) in [7, 11) is 0. The molecule has 2 aromatic rings. The first-order valence-corrected chi connectivity index (χ1v) is 11.4. The van der Waals surface area contributed by atoms with Gasteiger partial charge in [0.1, 0.15) is 11.4 Å². The summed E-state index contributed by atoms with van der Waals surface area (Å²) in [6.45, 7) is 8.31. The first-order chi connectivity index (χ1) is 16.1. The summed E-state index contributed by atoms with van der Waals surface area (Å²) in [5.41, 5.74) is 2.11. The molecule has 8 nitrogen and oxygen atoms in total. The SMILES string of the molecule is Cc1ccc(OCCCC(=O)Nc2cccc(CNC(=O)CCNC(=O)OC(C)(C)C)c2)cc1. The largest absolute Gasteiger partial charge is 0.494 e. The van der Waals surface area contributed by atoms with Crippen LogP contribution in [0.4, 0.5) is 10.5 Å². The molecule has 8 heteroatoms. The van der Waals surface area contributed by atoms with E-state index in [-0.39, 0.29) is 24.8 Å². The Kier molecular flexibility index (Phi) is 10.4. The van der Waals surface area contributed by atoms with Gasteiger partial charge in [0.15, 0.2) is 0 Å². The Balaban J connectivity index is 1.65. The Morgan fingerprint density at radius 3 is 2.35 bits per heavy atom. The third-order valence-corrected chi connectivity index (χ3v) is 4.56. The number of alkyl carbamates (subject to hydrolysis) is 1. The minimum atomic E-state index is -0.581. The Morgan fingerprint density at radius 1 is 0.912 bits per heavy atom. The lowest BCUT2D eigenvalue weighted by Crippen LogP contribution is -2.35. The average Bonchev–Trinajstić information content (AvgIpc) is 2.75. The van der Waals surface area contributed by atoms with Crippen LogP contribution in [0.25, 0.3) is 0 Å². The predicted molar refractivity (Wildman–Crippen MR) is 132 cm³/mol. The summed E-state index contributed by atoms with van der Waals surface area (Å²) in [5.74, 6) is 0.502. The molecule has 2 aromatic carbocycles. The van der Waals surface area contributed by atoms with Crippen molar-refractivity contribution in [3.63, 3.8) is 0 Å². The molecule has 0 radical (unpaired) electrons. The van der Waals surface area contributed by atoms with Crippen LogP contribution in [0.2, 0.25) is 0 Å². The van der Waals surface area contributed by atoms with Gasteiger partial charge >= 0.3 is 6.09 Å². The monoisotopic (exact) mass is 469 g/mol. The smallest absolute Gasteiger partial charge is 0.407 e. The molecule has 0 aliphatic heterocycles. The third-order valence-electron chi connectivity index (χ3n) is 4.56. The van der Waals surface area contributed by atoms with Gasteiger partial charge in [-0.15, -0.1) is 0 Å². The topological polar surface area (TPSA) is 106 Å². The normalized spacial score (nSPS) is 10.8. The van der Waals surface area contributed by atoms with Crippen LogP contribution >= 0.6 is 0 Å². The van der Waals surface area contributed by atoms with E-state index in [1.165, 1.54) is 5.56 Å². The quantitative estimate of drug-likeness (QED) is 0.425. The van der Waals surface area contributed by atoms with Crippen LogP contribution in [-0.2, 0) is 20.9 Å². The number of carbonyl (C=O) groups is 3. The Hall–Kier alpha value is -3.55. The van der Waals surface area contributed by atoms with Crippen LogP contribution in [0.1, 0.15) is 51.2 Å². The van der Waals surface area contributed by atoms with Crippen LogP contribution in [0.5, 0.6) is 5.75 Å². The second kappa shape index (κ2) is 13.2. The van der Waals surface area contributed by atoms with E-state index in [0.29, 0.717) is 31.7 Å². The van der Waals surface area contributed by atoms with Gasteiger partial charge < -0.3 is 25.4 Å². The van der Waals surface area contributed by atoms with Crippen LogP contribution in [0, 0.1) is 6.92 Å².